The van der Waals surface area contributed by atoms with Crippen LogP contribution < -0.4 is 5.32 Å². The van der Waals surface area contributed by atoms with Gasteiger partial charge in [0.2, 0.25) is 5.91 Å². The van der Waals surface area contributed by atoms with Crippen LogP contribution in [0.25, 0.3) is 16.9 Å². The molecule has 1 amide bonds. The van der Waals surface area contributed by atoms with Gasteiger partial charge in [0.1, 0.15) is 6.33 Å². The van der Waals surface area contributed by atoms with Crippen LogP contribution in [-0.4, -0.2) is 31.4 Å². The minimum atomic E-state index is -0.952. The summed E-state index contributed by atoms with van der Waals surface area (Å²) in [6.07, 6.45) is 1.55. The Morgan fingerprint density at radius 2 is 2.06 bits per heavy atom. The number of rotatable bonds is 6. The van der Waals surface area contributed by atoms with E-state index in [0.717, 1.165) is 23.4 Å². The van der Waals surface area contributed by atoms with Crippen LogP contribution in [0.1, 0.15) is 5.56 Å². The van der Waals surface area contributed by atoms with Gasteiger partial charge in [-0.05, 0) is 42.8 Å². The van der Waals surface area contributed by atoms with Gasteiger partial charge in [0.15, 0.2) is 21.9 Å². The SMILES string of the molecule is Cc1ccc(-n2cnnc2SCC(=O)Nc2nc(-c3ccc(F)c(F)c3)cs2)cc1Cl. The summed E-state index contributed by atoms with van der Waals surface area (Å²) < 4.78 is 28.3. The van der Waals surface area contributed by atoms with Crippen LogP contribution in [0.4, 0.5) is 13.9 Å². The third-order valence-electron chi connectivity index (χ3n) is 4.25. The lowest BCUT2D eigenvalue weighted by molar-refractivity contribution is -0.113. The molecule has 4 aromatic rings. The van der Waals surface area contributed by atoms with Gasteiger partial charge in [0.05, 0.1) is 17.1 Å². The maximum atomic E-state index is 13.4. The van der Waals surface area contributed by atoms with Gasteiger partial charge in [-0.15, -0.1) is 21.5 Å². The highest BCUT2D eigenvalue weighted by atomic mass is 35.5. The highest BCUT2D eigenvalue weighted by Crippen LogP contribution is 2.27. The third kappa shape index (κ3) is 4.92. The van der Waals surface area contributed by atoms with Gasteiger partial charge < -0.3 is 5.32 Å². The lowest BCUT2D eigenvalue weighted by atomic mass is 10.2. The van der Waals surface area contributed by atoms with Gasteiger partial charge in [0.25, 0.3) is 0 Å². The van der Waals surface area contributed by atoms with Crippen LogP contribution >= 0.6 is 34.7 Å². The standard InChI is InChI=1S/C20H14ClF2N5OS2/c1-11-2-4-13(7-14(11)21)28-10-24-27-20(28)31-9-18(29)26-19-25-17(8-30-19)12-3-5-15(22)16(23)6-12/h2-8,10H,9H2,1H3,(H,25,26,29). The topological polar surface area (TPSA) is 72.7 Å². The molecule has 0 fully saturated rings. The quantitative estimate of drug-likeness (QED) is 0.378. The van der Waals surface area contributed by atoms with Gasteiger partial charge in [0, 0.05) is 16.0 Å². The molecular weight excluding hydrogens is 464 g/mol. The number of carbonyl (C=O) groups is 1. The number of hydrogen-bond donors (Lipinski definition) is 1. The Kier molecular flexibility index (Phi) is 6.30. The lowest BCUT2D eigenvalue weighted by Crippen LogP contribution is -2.14. The van der Waals surface area contributed by atoms with Crippen LogP contribution in [0.15, 0.2) is 53.3 Å². The third-order valence-corrected chi connectivity index (χ3v) is 6.36. The Morgan fingerprint density at radius 1 is 1.23 bits per heavy atom. The average molecular weight is 478 g/mol. The van der Waals surface area contributed by atoms with Gasteiger partial charge in [-0.1, -0.05) is 29.4 Å². The first-order chi connectivity index (χ1) is 14.9. The summed E-state index contributed by atoms with van der Waals surface area (Å²) in [7, 11) is 0. The molecule has 2 heterocycles. The summed E-state index contributed by atoms with van der Waals surface area (Å²) in [5.74, 6) is -2.08. The Balaban J connectivity index is 1.39. The monoisotopic (exact) mass is 477 g/mol. The average Bonchev–Trinajstić information content (AvgIpc) is 3.40. The molecule has 4 rings (SSSR count). The maximum absolute atomic E-state index is 13.4. The predicted molar refractivity (Wildman–Crippen MR) is 118 cm³/mol. The molecule has 0 unspecified atom stereocenters. The first kappa shape index (κ1) is 21.4. The van der Waals surface area contributed by atoms with Gasteiger partial charge in [-0.25, -0.2) is 13.8 Å². The van der Waals surface area contributed by atoms with Crippen molar-refractivity contribution in [3.05, 3.63) is 70.3 Å². The number of aryl methyl sites for hydroxylation is 1. The molecule has 0 saturated carbocycles. The molecule has 6 nitrogen and oxygen atoms in total. The van der Waals surface area contributed by atoms with Crippen LogP contribution in [0.2, 0.25) is 5.02 Å². The van der Waals surface area contributed by atoms with Crippen LogP contribution in [0.3, 0.4) is 0 Å². The first-order valence-corrected chi connectivity index (χ1v) is 11.1. The molecule has 0 atom stereocenters. The normalized spacial score (nSPS) is 11.0. The number of nitrogens with zero attached hydrogens (tertiary/aromatic N) is 4. The highest BCUT2D eigenvalue weighted by Gasteiger charge is 2.13. The Hall–Kier alpha value is -2.82. The second-order valence-electron chi connectivity index (χ2n) is 6.42. The summed E-state index contributed by atoms with van der Waals surface area (Å²) >= 11 is 8.60. The summed E-state index contributed by atoms with van der Waals surface area (Å²) in [6.45, 7) is 1.91. The number of aromatic nitrogens is 4. The molecule has 31 heavy (non-hydrogen) atoms. The second-order valence-corrected chi connectivity index (χ2v) is 8.63. The Labute approximate surface area is 189 Å². The van der Waals surface area contributed by atoms with E-state index in [-0.39, 0.29) is 11.7 Å². The van der Waals surface area contributed by atoms with Crippen molar-refractivity contribution in [3.63, 3.8) is 0 Å². The van der Waals surface area contributed by atoms with Crippen molar-refractivity contribution in [1.82, 2.24) is 19.7 Å². The van der Waals surface area contributed by atoms with Gasteiger partial charge >= 0.3 is 0 Å². The molecule has 0 saturated heterocycles. The van der Waals surface area contributed by atoms with E-state index in [1.807, 2.05) is 19.1 Å². The summed E-state index contributed by atoms with van der Waals surface area (Å²) in [6, 6.07) is 9.13. The molecular formula is C20H14ClF2N5OS2. The number of halogens is 3. The van der Waals surface area contributed by atoms with Crippen molar-refractivity contribution in [2.45, 2.75) is 12.1 Å². The molecule has 0 bridgehead atoms. The van der Waals surface area contributed by atoms with Crippen molar-refractivity contribution >= 4 is 45.7 Å². The van der Waals surface area contributed by atoms with E-state index in [1.54, 1.807) is 22.3 Å². The van der Waals surface area contributed by atoms with E-state index in [9.17, 15) is 13.6 Å². The van der Waals surface area contributed by atoms with Crippen molar-refractivity contribution < 1.29 is 13.6 Å². The van der Waals surface area contributed by atoms with Crippen LogP contribution in [-0.2, 0) is 4.79 Å². The minimum Gasteiger partial charge on any atom is -0.301 e. The number of nitrogens with one attached hydrogen (secondary N) is 1. The fourth-order valence-electron chi connectivity index (χ4n) is 2.64. The summed E-state index contributed by atoms with van der Waals surface area (Å²) in [5.41, 5.74) is 2.62. The van der Waals surface area contributed by atoms with Gasteiger partial charge in [-0.3, -0.25) is 9.36 Å². The fraction of sp³-hybridized carbons (Fsp3) is 0.100. The number of carbonyl (C=O) groups excluding carboxylic acids is 1. The molecule has 0 aliphatic heterocycles. The number of hydrogen-bond acceptors (Lipinski definition) is 6. The molecule has 0 aliphatic rings. The molecule has 0 aliphatic carbocycles. The zero-order valence-electron chi connectivity index (χ0n) is 16.0. The largest absolute Gasteiger partial charge is 0.301 e. The smallest absolute Gasteiger partial charge is 0.236 e. The fourth-order valence-corrected chi connectivity index (χ4v) is 4.28. The first-order valence-electron chi connectivity index (χ1n) is 8.91. The van der Waals surface area contributed by atoms with E-state index < -0.39 is 11.6 Å². The molecule has 2 aromatic carbocycles. The van der Waals surface area contributed by atoms with Crippen molar-refractivity contribution in [2.75, 3.05) is 11.1 Å². The number of thiazole rings is 1. The molecule has 0 radical (unpaired) electrons. The lowest BCUT2D eigenvalue weighted by Gasteiger charge is -2.07. The number of anilines is 1. The number of amides is 1. The van der Waals surface area contributed by atoms with Gasteiger partial charge in [-0.2, -0.15) is 0 Å². The molecule has 158 valence electrons. The zero-order valence-corrected chi connectivity index (χ0v) is 18.4. The van der Waals surface area contributed by atoms with E-state index in [2.05, 4.69) is 20.5 Å². The van der Waals surface area contributed by atoms with Crippen molar-refractivity contribution in [3.8, 4) is 16.9 Å². The molecule has 11 heteroatoms. The van der Waals surface area contributed by atoms with E-state index in [1.165, 1.54) is 29.2 Å². The van der Waals surface area contributed by atoms with E-state index >= 15 is 0 Å². The predicted octanol–water partition coefficient (Wildman–Crippen LogP) is 5.36. The van der Waals surface area contributed by atoms with Crippen LogP contribution in [0, 0.1) is 18.6 Å². The maximum Gasteiger partial charge on any atom is 0.236 e. The minimum absolute atomic E-state index is 0.0817. The number of benzene rings is 2. The van der Waals surface area contributed by atoms with Crippen molar-refractivity contribution in [2.24, 2.45) is 0 Å². The van der Waals surface area contributed by atoms with Crippen molar-refractivity contribution in [1.29, 1.82) is 0 Å². The molecule has 0 spiro atoms. The Morgan fingerprint density at radius 3 is 2.84 bits per heavy atom. The van der Waals surface area contributed by atoms with Crippen LogP contribution in [0.5, 0.6) is 0 Å². The molecule has 2 aromatic heterocycles. The second kappa shape index (κ2) is 9.13. The Bertz CT molecular complexity index is 1260. The van der Waals surface area contributed by atoms with E-state index in [0.29, 0.717) is 26.6 Å². The highest BCUT2D eigenvalue weighted by molar-refractivity contribution is 7.99. The summed E-state index contributed by atoms with van der Waals surface area (Å²) in [4.78, 5) is 16.6. The van der Waals surface area contributed by atoms with E-state index in [4.69, 9.17) is 11.6 Å². The number of thioether (sulfide) groups is 1. The molecule has 1 N–H and O–H groups in total. The zero-order chi connectivity index (χ0) is 22.0. The summed E-state index contributed by atoms with van der Waals surface area (Å²) in [5, 5.41) is 13.8.